The van der Waals surface area contributed by atoms with Crippen LogP contribution in [-0.4, -0.2) is 182 Å². The number of aromatic hydroxyl groups is 2. The van der Waals surface area contributed by atoms with Gasteiger partial charge in [-0.25, -0.2) is 0 Å². The van der Waals surface area contributed by atoms with E-state index in [0.717, 1.165) is 4.90 Å². The second kappa shape index (κ2) is 39.5. The van der Waals surface area contributed by atoms with Gasteiger partial charge in [-0.2, -0.15) is 0 Å². The molecule has 8 amide bonds. The van der Waals surface area contributed by atoms with Crippen molar-refractivity contribution in [2.24, 2.45) is 70.3 Å². The molecule has 524 valence electrons. The number of carbonyl (C=O) groups is 14. The van der Waals surface area contributed by atoms with E-state index in [0.29, 0.717) is 17.5 Å². The molecule has 0 saturated carbocycles. The Kier molecular flexibility index (Phi) is 33.3. The van der Waals surface area contributed by atoms with Crippen molar-refractivity contribution in [3.63, 3.8) is 0 Å². The number of rotatable bonds is 44. The van der Waals surface area contributed by atoms with E-state index in [1.165, 1.54) is 57.2 Å². The first-order valence-corrected chi connectivity index (χ1v) is 31.8. The van der Waals surface area contributed by atoms with Gasteiger partial charge >= 0.3 is 11.9 Å². The van der Waals surface area contributed by atoms with Crippen LogP contribution in [0.25, 0.3) is 0 Å². The summed E-state index contributed by atoms with van der Waals surface area (Å²) in [6.07, 6.45) is -3.33. The molecule has 0 unspecified atom stereocenters. The van der Waals surface area contributed by atoms with Gasteiger partial charge in [0.2, 0.25) is 47.3 Å². The number of nitrogens with one attached hydrogen (secondary N) is 6. The van der Waals surface area contributed by atoms with Crippen LogP contribution in [0.5, 0.6) is 11.5 Å². The molecule has 2 aromatic rings. The number of nitrogens with zero attached hydrogens (tertiary/aromatic N) is 1. The van der Waals surface area contributed by atoms with Gasteiger partial charge in [0.05, 0.1) is 63.2 Å². The second-order valence-electron chi connectivity index (χ2n) is 25.3. The number of phenols is 2. The summed E-state index contributed by atoms with van der Waals surface area (Å²) in [6, 6.07) is 4.37. The Hall–Kier alpha value is -9.19. The van der Waals surface area contributed by atoms with Crippen molar-refractivity contribution >= 4 is 88.1 Å². The van der Waals surface area contributed by atoms with Crippen LogP contribution in [0.2, 0.25) is 0 Å². The second-order valence-corrected chi connectivity index (χ2v) is 25.3. The minimum Gasteiger partial charge on any atom is -0.508 e. The summed E-state index contributed by atoms with van der Waals surface area (Å²) in [5.74, 6) is -19.4. The minimum absolute atomic E-state index is 0.0123. The van der Waals surface area contributed by atoms with Gasteiger partial charge in [0, 0.05) is 68.2 Å². The van der Waals surface area contributed by atoms with Gasteiger partial charge in [-0.05, 0) is 92.2 Å². The highest BCUT2D eigenvalue weighted by molar-refractivity contribution is 6.00. The molecule has 30 heteroatoms. The zero-order valence-corrected chi connectivity index (χ0v) is 54.8. The van der Waals surface area contributed by atoms with Crippen molar-refractivity contribution in [3.8, 4) is 11.5 Å². The molecular formula is C65H96N11O19+. The molecule has 1 heterocycles. The summed E-state index contributed by atoms with van der Waals surface area (Å²) in [4.78, 5) is 192. The van der Waals surface area contributed by atoms with Crippen LogP contribution in [-0.2, 0) is 80.0 Å². The van der Waals surface area contributed by atoms with Gasteiger partial charge in [0.25, 0.3) is 0 Å². The lowest BCUT2D eigenvalue weighted by atomic mass is 9.86. The number of aliphatic hydroxyl groups is 2. The number of benzene rings is 2. The lowest BCUT2D eigenvalue weighted by molar-refractivity contribution is -0.459. The fraction of sp³-hybridized carbons (Fsp3) is 0.585. The van der Waals surface area contributed by atoms with Crippen molar-refractivity contribution < 1.29 is 97.6 Å². The van der Waals surface area contributed by atoms with Crippen molar-refractivity contribution in [2.75, 3.05) is 32.8 Å². The molecule has 95 heavy (non-hydrogen) atoms. The fourth-order valence-electron chi connectivity index (χ4n) is 11.1. The summed E-state index contributed by atoms with van der Waals surface area (Å²) < 4.78 is 0. The van der Waals surface area contributed by atoms with Gasteiger partial charge in [-0.15, -0.1) is 0 Å². The Morgan fingerprint density at radius 2 is 1.07 bits per heavy atom. The third kappa shape index (κ3) is 27.7. The number of nitrogens with two attached hydrogens (primary N) is 4. The zero-order valence-electron chi connectivity index (χ0n) is 54.8. The first kappa shape index (κ1) is 80.0. The normalized spacial score (nSPS) is 16.0. The molecule has 30 nitrogen and oxygen atoms in total. The number of primary amides is 2. The van der Waals surface area contributed by atoms with E-state index in [9.17, 15) is 92.7 Å². The molecule has 1 saturated heterocycles. The minimum atomic E-state index is -1.85. The Labute approximate surface area is 551 Å². The van der Waals surface area contributed by atoms with Gasteiger partial charge in [-0.1, -0.05) is 65.8 Å². The first-order chi connectivity index (χ1) is 44.6. The van der Waals surface area contributed by atoms with Gasteiger partial charge in [-0.3, -0.25) is 83.6 Å². The SMILES string of the molecule is CC(C)C[C@H](C)C(=O)C[C@@H](Cc1ccc(O)cc1)C(=O)N[C@@H](CCC[NH+]=C(N)N)C(=O)C[C@@H](C)C(=O)N[C@@H](CC(N)=O)C(=O)C[C@H](C(=O)N[C@@H](CC(=O)O)C(=O)C[C@@H](CO)C(=O)N1CCC[C@H]1C(=O)NCC(=O)C[C@@H](Cc1ccc(O)cc1)C(=O)N[C@@H](CO)C(N)=O)C(C)C. The molecule has 0 radical (unpaired) electrons. The maximum Gasteiger partial charge on any atom is 0.338 e. The molecule has 19 N–H and O–H groups in total. The van der Waals surface area contributed by atoms with Crippen LogP contribution < -0.4 is 54.5 Å². The number of likely N-dealkylation sites (tertiary alicyclic amines) is 1. The number of ketones is 5. The van der Waals surface area contributed by atoms with E-state index in [1.807, 2.05) is 13.8 Å². The number of aliphatic carboxylic acids is 1. The van der Waals surface area contributed by atoms with E-state index in [4.69, 9.17) is 22.9 Å². The molecule has 0 bridgehead atoms. The smallest absolute Gasteiger partial charge is 0.338 e. The van der Waals surface area contributed by atoms with Crippen molar-refractivity contribution in [2.45, 2.75) is 162 Å². The van der Waals surface area contributed by atoms with Crippen molar-refractivity contribution in [3.05, 3.63) is 59.7 Å². The highest BCUT2D eigenvalue weighted by Gasteiger charge is 2.41. The van der Waals surface area contributed by atoms with Crippen molar-refractivity contribution in [1.82, 2.24) is 31.5 Å². The number of carboxylic acid groups (broad SMARTS) is 1. The first-order valence-electron chi connectivity index (χ1n) is 31.8. The average molecular weight is 1340 g/mol. The molecule has 2 aromatic carbocycles. The van der Waals surface area contributed by atoms with Crippen LogP contribution in [0.1, 0.15) is 130 Å². The number of amides is 8. The van der Waals surface area contributed by atoms with Crippen LogP contribution >= 0.6 is 0 Å². The van der Waals surface area contributed by atoms with Crippen molar-refractivity contribution in [1.29, 1.82) is 0 Å². The van der Waals surface area contributed by atoms with Crippen LogP contribution in [0.4, 0.5) is 0 Å². The molecule has 0 spiro atoms. The molecule has 1 aliphatic rings. The molecule has 0 aromatic heterocycles. The standard InChI is InChI=1S/C65H95N11O19/c1-34(2)21-36(5)52(82)26-41(24-39-13-17-44(80)18-14-39)61(92)72-47(9-7-19-70-65(68)69)53(83)22-37(6)59(90)73-48(29-56(66)86)55(85)28-46(35(3)4)62(93)74-49(30-57(87)88)54(84)27-42(32-77)64(95)76-20-8-10-51(76)63(94)71-31-45(81)25-40(23-38-11-15-43(79)16-12-38)60(91)75-50(33-78)58(67)89/h11-18,34-37,40-42,46-51,77-80H,7-10,19-33H2,1-6H3,(H2,66,86)(H2,67,89)(H,71,94)(H,72,92)(H,73,90)(H,74,93)(H,75,91)(H,87,88)(H4,68,69,70)/p+1/t36-,37+,40+,41+,42-,46-,47-,48-,49-,50-,51-/m0/s1. The summed E-state index contributed by atoms with van der Waals surface area (Å²) in [7, 11) is 0. The average Bonchev–Trinajstić information content (AvgIpc) is 1.79. The number of phenolic OH excluding ortho intramolecular Hbond substituents is 2. The number of guanidine groups is 1. The maximum absolute atomic E-state index is 14.2. The Morgan fingerprint density at radius 1 is 0.568 bits per heavy atom. The highest BCUT2D eigenvalue weighted by Crippen LogP contribution is 2.26. The molecule has 3 rings (SSSR count). The van der Waals surface area contributed by atoms with Crippen LogP contribution in [0.15, 0.2) is 48.5 Å². The molecule has 11 atom stereocenters. The van der Waals surface area contributed by atoms with E-state index >= 15 is 0 Å². The lowest BCUT2D eigenvalue weighted by Crippen LogP contribution is -2.78. The molecular weight excluding hydrogens is 1240 g/mol. The maximum atomic E-state index is 14.2. The van der Waals surface area contributed by atoms with E-state index in [2.05, 4.69) is 31.6 Å². The number of Topliss-reactive ketones (excluding diaryl/α,β-unsaturated/α-hetero) is 5. The molecule has 0 aliphatic carbocycles. The number of carboxylic acids is 1. The Morgan fingerprint density at radius 3 is 1.58 bits per heavy atom. The van der Waals surface area contributed by atoms with Gasteiger partial charge in [0.1, 0.15) is 29.4 Å². The summed E-state index contributed by atoms with van der Waals surface area (Å²) >= 11 is 0. The predicted molar refractivity (Wildman–Crippen MR) is 342 cm³/mol. The predicted octanol–water partition coefficient (Wildman–Crippen LogP) is -2.88. The van der Waals surface area contributed by atoms with E-state index < -0.39 is 200 Å². The number of hydrogen-bond acceptors (Lipinski definition) is 18. The fourth-order valence-corrected chi connectivity index (χ4v) is 11.1. The Balaban J connectivity index is 1.75. The third-order valence-electron chi connectivity index (χ3n) is 16.4. The van der Waals surface area contributed by atoms with E-state index in [-0.39, 0.29) is 93.1 Å². The van der Waals surface area contributed by atoms with Gasteiger partial charge in [0.15, 0.2) is 23.1 Å². The summed E-state index contributed by atoms with van der Waals surface area (Å²) in [5, 5.41) is 61.8. The summed E-state index contributed by atoms with van der Waals surface area (Å²) in [5.41, 5.74) is 23.1. The molecule has 1 aliphatic heterocycles. The number of hydrogen-bond donors (Lipinski definition) is 15. The van der Waals surface area contributed by atoms with Crippen LogP contribution in [0.3, 0.4) is 0 Å². The number of aliphatic hydroxyl groups excluding tert-OH is 2. The molecule has 1 fully saturated rings. The lowest BCUT2D eigenvalue weighted by Gasteiger charge is -2.28. The van der Waals surface area contributed by atoms with E-state index in [1.54, 1.807) is 19.1 Å². The summed E-state index contributed by atoms with van der Waals surface area (Å²) in [6.45, 7) is 7.81. The monoisotopic (exact) mass is 1330 g/mol. The highest BCUT2D eigenvalue weighted by atomic mass is 16.4. The van der Waals surface area contributed by atoms with Gasteiger partial charge < -0.3 is 68.5 Å². The largest absolute Gasteiger partial charge is 0.508 e. The zero-order chi connectivity index (χ0) is 71.4. The van der Waals surface area contributed by atoms with Crippen LogP contribution in [0, 0.1) is 47.3 Å². The third-order valence-corrected chi connectivity index (χ3v) is 16.4. The quantitative estimate of drug-likeness (QED) is 0.0180. The number of carbonyl (C=O) groups excluding carboxylic acids is 13. The topological polar surface area (TPSA) is 522 Å². The Bertz CT molecular complexity index is 3060.